The van der Waals surface area contributed by atoms with Crippen molar-refractivity contribution in [2.75, 3.05) is 10.6 Å². The number of hydrogen-bond donors (Lipinski definition) is 3. The first-order valence-electron chi connectivity index (χ1n) is 11.0. The molecule has 2 aromatic heterocycles. The fourth-order valence-corrected chi connectivity index (χ4v) is 3.91. The number of nitrogens with zero attached hydrogens (tertiary/aromatic N) is 4. The Kier molecular flexibility index (Phi) is 7.50. The maximum atomic E-state index is 14.3. The minimum Gasteiger partial charge on any atom is -0.393 e. The summed E-state index contributed by atoms with van der Waals surface area (Å²) in [5.74, 6) is 0.410. The molecule has 2 atom stereocenters. The van der Waals surface area contributed by atoms with E-state index >= 15 is 0 Å². The normalized spacial score (nSPS) is 13.1. The van der Waals surface area contributed by atoms with Crippen LogP contribution in [0.1, 0.15) is 39.2 Å². The van der Waals surface area contributed by atoms with Gasteiger partial charge in [-0.25, -0.2) is 14.4 Å². The summed E-state index contributed by atoms with van der Waals surface area (Å²) in [6.45, 7) is 3.96. The second kappa shape index (κ2) is 10.5. The number of benzene rings is 2. The maximum Gasteiger partial charge on any atom is 0.229 e. The van der Waals surface area contributed by atoms with Gasteiger partial charge in [-0.2, -0.15) is 4.98 Å². The number of para-hydroxylation sites is 1. The molecular weight excluding hydrogens is 478 g/mol. The van der Waals surface area contributed by atoms with Crippen LogP contribution in [0.15, 0.2) is 48.7 Å². The molecule has 0 saturated carbocycles. The second-order valence-corrected chi connectivity index (χ2v) is 8.87. The Balaban J connectivity index is 1.72. The van der Waals surface area contributed by atoms with Crippen molar-refractivity contribution in [3.63, 3.8) is 0 Å². The molecule has 2 aromatic carbocycles. The first kappa shape index (κ1) is 24.2. The second-order valence-electron chi connectivity index (χ2n) is 8.06. The number of nitrogens with one attached hydrogen (secondary N) is 2. The predicted octanol–water partition coefficient (Wildman–Crippen LogP) is 6.87. The molecule has 178 valence electrons. The van der Waals surface area contributed by atoms with Crippen LogP contribution >= 0.6 is 23.2 Å². The fraction of sp³-hybridized carbons (Fsp3) is 0.292. The van der Waals surface area contributed by atoms with Crippen LogP contribution in [0.3, 0.4) is 0 Å². The third-order valence-electron chi connectivity index (χ3n) is 5.56. The minimum atomic E-state index is -0.387. The van der Waals surface area contributed by atoms with E-state index in [1.54, 1.807) is 42.6 Å². The van der Waals surface area contributed by atoms with Gasteiger partial charge in [0.05, 0.1) is 28.0 Å². The lowest BCUT2D eigenvalue weighted by Crippen LogP contribution is -2.13. The highest BCUT2D eigenvalue weighted by Gasteiger charge is 2.20. The molecule has 0 spiro atoms. The standard InChI is InChI=1S/C24H25Cl2FN6O/c1-3-16(34)10-8-14(2)33-22-21(31-24(33)30-20-7-5-4-6-19(20)27)13-28-23(32-22)29-15-9-11-17(25)18(26)12-15/h4-7,9,11-14,16,34H,3,8,10H2,1-2H3,(H,30,31)(H,28,29,32)/t14-,16-/m1/s1. The van der Waals surface area contributed by atoms with Crippen molar-refractivity contribution >= 4 is 57.6 Å². The SMILES string of the molecule is CC[C@@H](O)CC[C@@H](C)n1c(Nc2ccccc2F)nc2cnc(Nc3ccc(Cl)c(Cl)c3)nc21. The summed E-state index contributed by atoms with van der Waals surface area (Å²) < 4.78 is 16.2. The van der Waals surface area contributed by atoms with Gasteiger partial charge in [0.25, 0.3) is 0 Å². The zero-order chi connectivity index (χ0) is 24.2. The average Bonchev–Trinajstić information content (AvgIpc) is 3.18. The van der Waals surface area contributed by atoms with E-state index in [2.05, 4.69) is 25.6 Å². The molecule has 4 rings (SSSR count). The van der Waals surface area contributed by atoms with Crippen molar-refractivity contribution in [2.24, 2.45) is 0 Å². The van der Waals surface area contributed by atoms with Crippen LogP contribution in [-0.4, -0.2) is 30.7 Å². The molecule has 7 nitrogen and oxygen atoms in total. The molecule has 0 aliphatic carbocycles. The summed E-state index contributed by atoms with van der Waals surface area (Å²) in [6.07, 6.45) is 3.21. The van der Waals surface area contributed by atoms with E-state index in [0.717, 1.165) is 0 Å². The molecule has 10 heteroatoms. The quantitative estimate of drug-likeness (QED) is 0.231. The zero-order valence-electron chi connectivity index (χ0n) is 18.8. The number of hydrogen-bond acceptors (Lipinski definition) is 6. The van der Waals surface area contributed by atoms with E-state index in [-0.39, 0.29) is 18.0 Å². The maximum absolute atomic E-state index is 14.3. The highest BCUT2D eigenvalue weighted by atomic mass is 35.5. The third kappa shape index (κ3) is 5.41. The largest absolute Gasteiger partial charge is 0.393 e. The van der Waals surface area contributed by atoms with Crippen molar-refractivity contribution in [1.29, 1.82) is 0 Å². The minimum absolute atomic E-state index is 0.0757. The van der Waals surface area contributed by atoms with Gasteiger partial charge in [0, 0.05) is 11.7 Å². The summed E-state index contributed by atoms with van der Waals surface area (Å²) in [4.78, 5) is 13.7. The first-order valence-corrected chi connectivity index (χ1v) is 11.8. The lowest BCUT2D eigenvalue weighted by Gasteiger charge is -2.19. The van der Waals surface area contributed by atoms with Gasteiger partial charge in [0.15, 0.2) is 5.65 Å². The Bertz CT molecular complexity index is 1300. The summed E-state index contributed by atoms with van der Waals surface area (Å²) in [5.41, 5.74) is 2.13. The molecule has 3 N–H and O–H groups in total. The van der Waals surface area contributed by atoms with Gasteiger partial charge in [-0.3, -0.25) is 4.57 Å². The summed E-state index contributed by atoms with van der Waals surface area (Å²) in [5, 5.41) is 17.1. The van der Waals surface area contributed by atoms with Crippen molar-refractivity contribution in [3.05, 3.63) is 64.5 Å². The van der Waals surface area contributed by atoms with E-state index in [1.165, 1.54) is 6.07 Å². The third-order valence-corrected chi connectivity index (χ3v) is 6.30. The van der Waals surface area contributed by atoms with Crippen molar-refractivity contribution in [3.8, 4) is 0 Å². The number of aromatic nitrogens is 4. The van der Waals surface area contributed by atoms with Crippen LogP contribution in [0, 0.1) is 5.82 Å². The molecule has 0 aliphatic heterocycles. The number of imidazole rings is 1. The molecular formula is C24H25Cl2FN6O. The summed E-state index contributed by atoms with van der Waals surface area (Å²) >= 11 is 12.1. The van der Waals surface area contributed by atoms with E-state index in [4.69, 9.17) is 23.2 Å². The van der Waals surface area contributed by atoms with Gasteiger partial charge in [0.1, 0.15) is 11.3 Å². The van der Waals surface area contributed by atoms with Crippen LogP contribution in [-0.2, 0) is 0 Å². The van der Waals surface area contributed by atoms with Crippen molar-refractivity contribution in [2.45, 2.75) is 45.3 Å². The Labute approximate surface area is 207 Å². The highest BCUT2D eigenvalue weighted by Crippen LogP contribution is 2.31. The van der Waals surface area contributed by atoms with Crippen LogP contribution in [0.5, 0.6) is 0 Å². The number of fused-ring (bicyclic) bond motifs is 1. The van der Waals surface area contributed by atoms with E-state index < -0.39 is 0 Å². The number of halogens is 3. The van der Waals surface area contributed by atoms with Gasteiger partial charge in [-0.15, -0.1) is 0 Å². The predicted molar refractivity (Wildman–Crippen MR) is 135 cm³/mol. The topological polar surface area (TPSA) is 87.9 Å². The van der Waals surface area contributed by atoms with Gasteiger partial charge < -0.3 is 15.7 Å². The molecule has 0 fully saturated rings. The molecule has 34 heavy (non-hydrogen) atoms. The average molecular weight is 503 g/mol. The summed E-state index contributed by atoms with van der Waals surface area (Å²) in [6, 6.07) is 11.5. The molecule has 0 bridgehead atoms. The Hall–Kier alpha value is -2.94. The van der Waals surface area contributed by atoms with E-state index in [0.29, 0.717) is 63.7 Å². The molecule has 0 saturated heterocycles. The van der Waals surface area contributed by atoms with Crippen LogP contribution in [0.4, 0.5) is 27.7 Å². The lowest BCUT2D eigenvalue weighted by atomic mass is 10.1. The molecule has 2 heterocycles. The van der Waals surface area contributed by atoms with E-state index in [9.17, 15) is 9.50 Å². The van der Waals surface area contributed by atoms with Crippen molar-refractivity contribution in [1.82, 2.24) is 19.5 Å². The molecule has 0 amide bonds. The Morgan fingerprint density at radius 2 is 1.85 bits per heavy atom. The molecule has 4 aromatic rings. The molecule has 0 unspecified atom stereocenters. The lowest BCUT2D eigenvalue weighted by molar-refractivity contribution is 0.152. The monoisotopic (exact) mass is 502 g/mol. The van der Waals surface area contributed by atoms with Crippen LogP contribution in [0.25, 0.3) is 11.2 Å². The van der Waals surface area contributed by atoms with Gasteiger partial charge in [-0.1, -0.05) is 42.3 Å². The molecule has 0 aliphatic rings. The zero-order valence-corrected chi connectivity index (χ0v) is 20.3. The van der Waals surface area contributed by atoms with Crippen LogP contribution < -0.4 is 10.6 Å². The van der Waals surface area contributed by atoms with Gasteiger partial charge >= 0.3 is 0 Å². The number of aliphatic hydroxyl groups is 1. The van der Waals surface area contributed by atoms with Crippen LogP contribution in [0.2, 0.25) is 10.0 Å². The van der Waals surface area contributed by atoms with Crippen molar-refractivity contribution < 1.29 is 9.50 Å². The smallest absolute Gasteiger partial charge is 0.229 e. The highest BCUT2D eigenvalue weighted by molar-refractivity contribution is 6.42. The summed E-state index contributed by atoms with van der Waals surface area (Å²) in [7, 11) is 0. The molecule has 0 radical (unpaired) electrons. The Morgan fingerprint density at radius 1 is 1.06 bits per heavy atom. The Morgan fingerprint density at radius 3 is 2.59 bits per heavy atom. The first-order chi connectivity index (χ1) is 16.4. The number of rotatable bonds is 9. The van der Waals surface area contributed by atoms with E-state index in [1.807, 2.05) is 18.4 Å². The van der Waals surface area contributed by atoms with Gasteiger partial charge in [0.2, 0.25) is 11.9 Å². The number of anilines is 4. The fourth-order valence-electron chi connectivity index (χ4n) is 3.61. The number of aliphatic hydroxyl groups excluding tert-OH is 1. The van der Waals surface area contributed by atoms with Gasteiger partial charge in [-0.05, 0) is 56.5 Å².